The molecule has 4 nitrogen and oxygen atoms in total. The first-order chi connectivity index (χ1) is 8.50. The molecule has 0 radical (unpaired) electrons. The highest BCUT2D eigenvalue weighted by Gasteiger charge is 2.46. The summed E-state index contributed by atoms with van der Waals surface area (Å²) in [5, 5.41) is 10.6. The fourth-order valence-corrected chi connectivity index (χ4v) is 2.35. The zero-order valence-electron chi connectivity index (χ0n) is 10.5. The van der Waals surface area contributed by atoms with Crippen molar-refractivity contribution in [3.05, 3.63) is 0 Å². The minimum atomic E-state index is -3.95. The van der Waals surface area contributed by atoms with Crippen LogP contribution in [-0.4, -0.2) is 38.3 Å². The molecule has 0 bridgehead atoms. The van der Waals surface area contributed by atoms with Gasteiger partial charge in [0.25, 0.3) is 0 Å². The normalized spacial score (nSPS) is 19.7. The largest absolute Gasteiger partial charge is 0.544 e. The van der Waals surface area contributed by atoms with Crippen molar-refractivity contribution in [3.8, 4) is 0 Å². The SMILES string of the molecule is COCCOC(C1CCCCC1)C(F)(F)C(=O)[O-]. The van der Waals surface area contributed by atoms with Gasteiger partial charge in [-0.3, -0.25) is 0 Å². The van der Waals surface area contributed by atoms with Gasteiger partial charge in [0.2, 0.25) is 0 Å². The quantitative estimate of drug-likeness (QED) is 0.644. The van der Waals surface area contributed by atoms with E-state index in [1.54, 1.807) is 0 Å². The Balaban J connectivity index is 2.69. The number of carbonyl (C=O) groups is 1. The molecule has 0 spiro atoms. The van der Waals surface area contributed by atoms with Crippen LogP contribution in [-0.2, 0) is 14.3 Å². The van der Waals surface area contributed by atoms with Crippen molar-refractivity contribution in [1.29, 1.82) is 0 Å². The van der Waals surface area contributed by atoms with E-state index in [-0.39, 0.29) is 13.2 Å². The second-order valence-corrected chi connectivity index (χ2v) is 4.59. The van der Waals surface area contributed by atoms with Crippen LogP contribution >= 0.6 is 0 Å². The number of carboxylic acid groups (broad SMARTS) is 1. The average molecular weight is 265 g/mol. The monoisotopic (exact) mass is 265 g/mol. The number of methoxy groups -OCH3 is 1. The molecule has 1 saturated carbocycles. The topological polar surface area (TPSA) is 58.6 Å². The minimum Gasteiger partial charge on any atom is -0.544 e. The van der Waals surface area contributed by atoms with Crippen molar-refractivity contribution >= 4 is 5.97 Å². The molecule has 6 heteroatoms. The smallest absolute Gasteiger partial charge is 0.312 e. The Morgan fingerprint density at radius 1 is 1.33 bits per heavy atom. The van der Waals surface area contributed by atoms with Crippen molar-refractivity contribution in [2.45, 2.75) is 44.1 Å². The van der Waals surface area contributed by atoms with Crippen LogP contribution in [0.4, 0.5) is 8.78 Å². The Morgan fingerprint density at radius 3 is 2.44 bits per heavy atom. The third kappa shape index (κ3) is 3.88. The van der Waals surface area contributed by atoms with Crippen LogP contribution in [0.25, 0.3) is 0 Å². The molecule has 0 heterocycles. The molecule has 0 aromatic rings. The number of carbonyl (C=O) groups excluding carboxylic acids is 1. The van der Waals surface area contributed by atoms with Crippen molar-refractivity contribution in [1.82, 2.24) is 0 Å². The highest BCUT2D eigenvalue weighted by atomic mass is 19.3. The molecule has 1 aliphatic rings. The van der Waals surface area contributed by atoms with Crippen LogP contribution in [0, 0.1) is 5.92 Å². The molecular formula is C12H19F2O4-. The van der Waals surface area contributed by atoms with Gasteiger partial charge < -0.3 is 19.4 Å². The lowest BCUT2D eigenvalue weighted by molar-refractivity contribution is -0.340. The van der Waals surface area contributed by atoms with Gasteiger partial charge in [-0.15, -0.1) is 0 Å². The Labute approximate surface area is 105 Å². The number of hydrogen-bond donors (Lipinski definition) is 0. The van der Waals surface area contributed by atoms with E-state index in [1.807, 2.05) is 0 Å². The van der Waals surface area contributed by atoms with Crippen LogP contribution < -0.4 is 5.11 Å². The second kappa shape index (κ2) is 6.99. The molecule has 0 aromatic carbocycles. The first-order valence-corrected chi connectivity index (χ1v) is 6.20. The number of ether oxygens (including phenoxy) is 2. The Bertz CT molecular complexity index is 265. The van der Waals surface area contributed by atoms with Gasteiger partial charge in [0, 0.05) is 7.11 Å². The molecule has 1 rings (SSSR count). The fraction of sp³-hybridized carbons (Fsp3) is 0.917. The first kappa shape index (κ1) is 15.3. The molecule has 0 aromatic heterocycles. The third-order valence-corrected chi connectivity index (χ3v) is 3.29. The molecule has 106 valence electrons. The van der Waals surface area contributed by atoms with Gasteiger partial charge in [0.15, 0.2) is 0 Å². The lowest BCUT2D eigenvalue weighted by Gasteiger charge is -2.35. The number of hydrogen-bond acceptors (Lipinski definition) is 4. The number of alkyl halides is 2. The van der Waals surface area contributed by atoms with Crippen molar-refractivity contribution < 1.29 is 28.2 Å². The summed E-state index contributed by atoms with van der Waals surface area (Å²) < 4.78 is 37.0. The molecule has 18 heavy (non-hydrogen) atoms. The summed E-state index contributed by atoms with van der Waals surface area (Å²) in [6.07, 6.45) is 2.19. The maximum atomic E-state index is 13.6. The van der Waals surface area contributed by atoms with Crippen molar-refractivity contribution in [2.75, 3.05) is 20.3 Å². The van der Waals surface area contributed by atoms with Gasteiger partial charge >= 0.3 is 5.92 Å². The molecule has 0 N–H and O–H groups in total. The van der Waals surface area contributed by atoms with Gasteiger partial charge in [0.1, 0.15) is 12.1 Å². The lowest BCUT2D eigenvalue weighted by Crippen LogP contribution is -2.54. The van der Waals surface area contributed by atoms with E-state index in [0.29, 0.717) is 12.8 Å². The Hall–Kier alpha value is -0.750. The number of aliphatic carboxylic acids is 1. The van der Waals surface area contributed by atoms with Gasteiger partial charge in [0.05, 0.1) is 13.2 Å². The highest BCUT2D eigenvalue weighted by Crippen LogP contribution is 2.35. The van der Waals surface area contributed by atoms with Crippen LogP contribution in [0.1, 0.15) is 32.1 Å². The van der Waals surface area contributed by atoms with Crippen LogP contribution in [0.2, 0.25) is 0 Å². The zero-order chi connectivity index (χ0) is 13.6. The maximum absolute atomic E-state index is 13.6. The molecule has 1 unspecified atom stereocenters. The highest BCUT2D eigenvalue weighted by molar-refractivity contribution is 5.74. The number of carboxylic acids is 1. The molecule has 1 aliphatic carbocycles. The van der Waals surface area contributed by atoms with Gasteiger partial charge in [-0.25, -0.2) is 0 Å². The summed E-state index contributed by atoms with van der Waals surface area (Å²) in [4.78, 5) is 10.6. The summed E-state index contributed by atoms with van der Waals surface area (Å²) in [6, 6.07) is 0. The minimum absolute atomic E-state index is 0.0411. The number of halogens is 2. The van der Waals surface area contributed by atoms with E-state index in [1.165, 1.54) is 7.11 Å². The van der Waals surface area contributed by atoms with Crippen molar-refractivity contribution in [2.24, 2.45) is 5.92 Å². The van der Waals surface area contributed by atoms with E-state index < -0.39 is 23.9 Å². The van der Waals surface area contributed by atoms with E-state index in [2.05, 4.69) is 0 Å². The van der Waals surface area contributed by atoms with E-state index in [4.69, 9.17) is 9.47 Å². The average Bonchev–Trinajstić information content (AvgIpc) is 2.35. The zero-order valence-corrected chi connectivity index (χ0v) is 10.5. The molecule has 0 aliphatic heterocycles. The number of rotatable bonds is 7. The standard InChI is InChI=1S/C12H20F2O4/c1-17-7-8-18-10(12(13,14)11(15)16)9-5-3-2-4-6-9/h9-10H,2-8H2,1H3,(H,15,16)/p-1. The summed E-state index contributed by atoms with van der Waals surface area (Å²) >= 11 is 0. The molecule has 0 amide bonds. The predicted octanol–water partition coefficient (Wildman–Crippen LogP) is 0.984. The van der Waals surface area contributed by atoms with E-state index in [0.717, 1.165) is 19.3 Å². The second-order valence-electron chi connectivity index (χ2n) is 4.59. The molecule has 0 saturated heterocycles. The first-order valence-electron chi connectivity index (χ1n) is 6.20. The summed E-state index contributed by atoms with van der Waals surface area (Å²) in [5.74, 6) is -6.74. The fourth-order valence-electron chi connectivity index (χ4n) is 2.35. The van der Waals surface area contributed by atoms with Gasteiger partial charge in [-0.2, -0.15) is 8.78 Å². The molecule has 1 atom stereocenters. The Morgan fingerprint density at radius 2 is 1.94 bits per heavy atom. The maximum Gasteiger partial charge on any atom is 0.312 e. The van der Waals surface area contributed by atoms with E-state index in [9.17, 15) is 18.7 Å². The Kier molecular flexibility index (Phi) is 5.95. The van der Waals surface area contributed by atoms with Crippen molar-refractivity contribution in [3.63, 3.8) is 0 Å². The molecule has 1 fully saturated rings. The summed E-state index contributed by atoms with van der Waals surface area (Å²) in [7, 11) is 1.43. The lowest BCUT2D eigenvalue weighted by atomic mass is 9.83. The van der Waals surface area contributed by atoms with E-state index >= 15 is 0 Å². The van der Waals surface area contributed by atoms with Crippen LogP contribution in [0.3, 0.4) is 0 Å². The van der Waals surface area contributed by atoms with Gasteiger partial charge in [-0.1, -0.05) is 19.3 Å². The third-order valence-electron chi connectivity index (χ3n) is 3.29. The van der Waals surface area contributed by atoms with Crippen LogP contribution in [0.15, 0.2) is 0 Å². The predicted molar refractivity (Wildman–Crippen MR) is 58.1 cm³/mol. The summed E-state index contributed by atoms with van der Waals surface area (Å²) in [6.45, 7) is 0.118. The van der Waals surface area contributed by atoms with Gasteiger partial charge in [-0.05, 0) is 18.8 Å². The molecular weight excluding hydrogens is 246 g/mol. The summed E-state index contributed by atoms with van der Waals surface area (Å²) in [5.41, 5.74) is 0. The van der Waals surface area contributed by atoms with Crippen LogP contribution in [0.5, 0.6) is 0 Å².